The van der Waals surface area contributed by atoms with E-state index in [1.165, 1.54) is 6.07 Å². The smallest absolute Gasteiger partial charge is 0.252 e. The van der Waals surface area contributed by atoms with Crippen LogP contribution in [0, 0.1) is 0 Å². The molecule has 4 aromatic rings. The van der Waals surface area contributed by atoms with Crippen LogP contribution in [0.5, 0.6) is 0 Å². The maximum atomic E-state index is 12.5. The largest absolute Gasteiger partial charge is 0.352 e. The average Bonchev–Trinajstić information content (AvgIpc) is 3.12. The van der Waals surface area contributed by atoms with Gasteiger partial charge in [0.1, 0.15) is 5.82 Å². The van der Waals surface area contributed by atoms with Crippen molar-refractivity contribution >= 4 is 27.8 Å². The van der Waals surface area contributed by atoms with E-state index in [0.717, 1.165) is 47.9 Å². The molecule has 2 aromatic carbocycles. The Morgan fingerprint density at radius 3 is 2.57 bits per heavy atom. The average molecular weight is 374 g/mol. The number of fused-ring (bicyclic) bond motifs is 2. The Morgan fingerprint density at radius 2 is 1.71 bits per heavy atom. The lowest BCUT2D eigenvalue weighted by Crippen LogP contribution is -2.26. The number of rotatable bonds is 7. The van der Waals surface area contributed by atoms with Crippen molar-refractivity contribution in [3.63, 3.8) is 0 Å². The predicted octanol–water partition coefficient (Wildman–Crippen LogP) is 3.55. The lowest BCUT2D eigenvalue weighted by atomic mass is 10.1. The molecule has 6 nitrogen and oxygen atoms in total. The second kappa shape index (κ2) is 8.08. The summed E-state index contributed by atoms with van der Waals surface area (Å²) in [6.07, 6.45) is 3.77. The predicted molar refractivity (Wildman–Crippen MR) is 111 cm³/mol. The number of aromatic amines is 2. The normalized spacial score (nSPS) is 11.1. The molecule has 0 aliphatic carbocycles. The summed E-state index contributed by atoms with van der Waals surface area (Å²) in [6, 6.07) is 16.7. The molecule has 0 spiro atoms. The molecule has 0 radical (unpaired) electrons. The fourth-order valence-electron chi connectivity index (χ4n) is 3.41. The van der Waals surface area contributed by atoms with Gasteiger partial charge in [-0.15, -0.1) is 0 Å². The van der Waals surface area contributed by atoms with Crippen molar-refractivity contribution in [3.8, 4) is 0 Å². The summed E-state index contributed by atoms with van der Waals surface area (Å²) in [4.78, 5) is 34.9. The number of benzene rings is 2. The first-order chi connectivity index (χ1) is 13.7. The number of nitrogens with zero attached hydrogens (tertiary/aromatic N) is 1. The third-order valence-corrected chi connectivity index (χ3v) is 4.81. The van der Waals surface area contributed by atoms with Crippen LogP contribution in [0.15, 0.2) is 59.4 Å². The van der Waals surface area contributed by atoms with Gasteiger partial charge in [0.15, 0.2) is 0 Å². The lowest BCUT2D eigenvalue weighted by molar-refractivity contribution is 0.0954. The van der Waals surface area contributed by atoms with Gasteiger partial charge in [-0.25, -0.2) is 4.98 Å². The highest BCUT2D eigenvalue weighted by molar-refractivity contribution is 6.05. The maximum absolute atomic E-state index is 12.5. The number of unbranched alkanes of at least 4 members (excludes halogenated alkanes) is 2. The van der Waals surface area contributed by atoms with Crippen molar-refractivity contribution < 1.29 is 4.79 Å². The molecule has 3 N–H and O–H groups in total. The summed E-state index contributed by atoms with van der Waals surface area (Å²) < 4.78 is 0. The van der Waals surface area contributed by atoms with Gasteiger partial charge in [-0.3, -0.25) is 9.59 Å². The Kier molecular flexibility index (Phi) is 5.19. The minimum atomic E-state index is -0.269. The number of para-hydroxylation sites is 3. The number of H-pyrrole nitrogens is 2. The highest BCUT2D eigenvalue weighted by Crippen LogP contribution is 2.15. The Labute approximate surface area is 162 Å². The van der Waals surface area contributed by atoms with Gasteiger partial charge in [0.25, 0.3) is 5.91 Å². The van der Waals surface area contributed by atoms with E-state index in [9.17, 15) is 9.59 Å². The molecule has 4 rings (SSSR count). The first-order valence-electron chi connectivity index (χ1n) is 9.54. The van der Waals surface area contributed by atoms with Gasteiger partial charge in [0.05, 0.1) is 16.6 Å². The molecule has 0 saturated carbocycles. The van der Waals surface area contributed by atoms with Gasteiger partial charge in [-0.05, 0) is 31.0 Å². The number of pyridine rings is 1. The molecule has 6 heteroatoms. The van der Waals surface area contributed by atoms with Crippen LogP contribution in [0.3, 0.4) is 0 Å². The molecule has 2 aromatic heterocycles. The van der Waals surface area contributed by atoms with Crippen LogP contribution >= 0.6 is 0 Å². The van der Waals surface area contributed by atoms with Gasteiger partial charge in [0, 0.05) is 29.9 Å². The minimum Gasteiger partial charge on any atom is -0.352 e. The van der Waals surface area contributed by atoms with Crippen molar-refractivity contribution in [1.82, 2.24) is 20.3 Å². The van der Waals surface area contributed by atoms with Crippen LogP contribution in [0.25, 0.3) is 21.9 Å². The first-order valence-corrected chi connectivity index (χ1v) is 9.54. The SMILES string of the molecule is O=C(NCCCCCc1nc2ccccc2[nH]1)c1cc(=O)[nH]c2ccccc12. The number of imidazole rings is 1. The van der Waals surface area contributed by atoms with Crippen LogP contribution in [0.4, 0.5) is 0 Å². The molecule has 2 heterocycles. The van der Waals surface area contributed by atoms with Crippen molar-refractivity contribution in [1.29, 1.82) is 0 Å². The molecule has 0 atom stereocenters. The first kappa shape index (κ1) is 18.0. The lowest BCUT2D eigenvalue weighted by Gasteiger charge is -2.07. The van der Waals surface area contributed by atoms with Crippen LogP contribution in [-0.4, -0.2) is 27.4 Å². The van der Waals surface area contributed by atoms with E-state index >= 15 is 0 Å². The fraction of sp³-hybridized carbons (Fsp3) is 0.227. The molecule has 0 bridgehead atoms. The van der Waals surface area contributed by atoms with Gasteiger partial charge in [0.2, 0.25) is 5.56 Å². The number of hydrogen-bond donors (Lipinski definition) is 3. The Morgan fingerprint density at radius 1 is 0.929 bits per heavy atom. The molecular weight excluding hydrogens is 352 g/mol. The van der Waals surface area contributed by atoms with E-state index in [4.69, 9.17) is 0 Å². The molecule has 1 amide bonds. The zero-order chi connectivity index (χ0) is 19.3. The fourth-order valence-corrected chi connectivity index (χ4v) is 3.41. The number of amides is 1. The van der Waals surface area contributed by atoms with Gasteiger partial charge >= 0.3 is 0 Å². The molecule has 142 valence electrons. The van der Waals surface area contributed by atoms with E-state index < -0.39 is 0 Å². The summed E-state index contributed by atoms with van der Waals surface area (Å²) in [5.74, 6) is 0.791. The maximum Gasteiger partial charge on any atom is 0.252 e. The van der Waals surface area contributed by atoms with Crippen molar-refractivity contribution in [2.45, 2.75) is 25.7 Å². The number of carbonyl (C=O) groups is 1. The van der Waals surface area contributed by atoms with E-state index in [1.807, 2.05) is 42.5 Å². The van der Waals surface area contributed by atoms with E-state index in [1.54, 1.807) is 6.07 Å². The zero-order valence-electron chi connectivity index (χ0n) is 15.5. The van der Waals surface area contributed by atoms with Crippen molar-refractivity contribution in [2.75, 3.05) is 6.54 Å². The van der Waals surface area contributed by atoms with E-state index in [0.29, 0.717) is 17.6 Å². The molecule has 0 unspecified atom stereocenters. The molecule has 28 heavy (non-hydrogen) atoms. The molecule has 0 aliphatic heterocycles. The van der Waals surface area contributed by atoms with Crippen molar-refractivity contribution in [2.24, 2.45) is 0 Å². The summed E-state index contributed by atoms with van der Waals surface area (Å²) in [5.41, 5.74) is 2.88. The Hall–Kier alpha value is -3.41. The molecule has 0 saturated heterocycles. The quantitative estimate of drug-likeness (QED) is 0.432. The highest BCUT2D eigenvalue weighted by atomic mass is 16.2. The topological polar surface area (TPSA) is 90.6 Å². The Balaban J connectivity index is 1.26. The van der Waals surface area contributed by atoms with Crippen LogP contribution < -0.4 is 10.9 Å². The second-order valence-corrected chi connectivity index (χ2v) is 6.86. The standard InChI is InChI=1S/C22H22N4O2/c27-21-14-16(15-8-3-4-9-17(15)26-21)22(28)23-13-7-1-2-12-20-24-18-10-5-6-11-19(18)25-20/h3-6,8-11,14H,1-2,7,12-13H2,(H,23,28)(H,24,25)(H,26,27). The number of aryl methyl sites for hydroxylation is 1. The Bertz CT molecular complexity index is 1140. The van der Waals surface area contributed by atoms with Gasteiger partial charge in [-0.1, -0.05) is 36.8 Å². The highest BCUT2D eigenvalue weighted by Gasteiger charge is 2.11. The van der Waals surface area contributed by atoms with Gasteiger partial charge in [-0.2, -0.15) is 0 Å². The number of hydrogen-bond acceptors (Lipinski definition) is 3. The summed E-state index contributed by atoms with van der Waals surface area (Å²) in [7, 11) is 0. The number of carbonyl (C=O) groups excluding carboxylic acids is 1. The summed E-state index contributed by atoms with van der Waals surface area (Å²) in [6.45, 7) is 0.583. The third-order valence-electron chi connectivity index (χ3n) is 4.81. The minimum absolute atomic E-state index is 0.209. The third kappa shape index (κ3) is 3.96. The number of aromatic nitrogens is 3. The van der Waals surface area contributed by atoms with Crippen LogP contribution in [-0.2, 0) is 6.42 Å². The van der Waals surface area contributed by atoms with Crippen LogP contribution in [0.1, 0.15) is 35.4 Å². The van der Waals surface area contributed by atoms with E-state index in [-0.39, 0.29) is 11.5 Å². The monoisotopic (exact) mass is 374 g/mol. The molecular formula is C22H22N4O2. The number of nitrogens with one attached hydrogen (secondary N) is 3. The van der Waals surface area contributed by atoms with Crippen LogP contribution in [0.2, 0.25) is 0 Å². The zero-order valence-corrected chi connectivity index (χ0v) is 15.5. The molecule has 0 aliphatic rings. The van der Waals surface area contributed by atoms with Gasteiger partial charge < -0.3 is 15.3 Å². The summed E-state index contributed by atoms with van der Waals surface area (Å²) in [5, 5.41) is 3.68. The van der Waals surface area contributed by atoms with Crippen molar-refractivity contribution in [3.05, 3.63) is 76.3 Å². The molecule has 0 fully saturated rings. The second-order valence-electron chi connectivity index (χ2n) is 6.86. The van der Waals surface area contributed by atoms with E-state index in [2.05, 4.69) is 20.3 Å². The summed E-state index contributed by atoms with van der Waals surface area (Å²) >= 11 is 0.